The number of benzene rings is 1. The van der Waals surface area contributed by atoms with E-state index >= 15 is 0 Å². The fourth-order valence-electron chi connectivity index (χ4n) is 1.35. The van der Waals surface area contributed by atoms with Crippen LogP contribution in [0.25, 0.3) is 0 Å². The summed E-state index contributed by atoms with van der Waals surface area (Å²) in [6.45, 7) is 3.25. The molecule has 4 N–H and O–H groups in total. The van der Waals surface area contributed by atoms with Crippen molar-refractivity contribution >= 4 is 37.5 Å². The van der Waals surface area contributed by atoms with E-state index in [1.165, 1.54) is 12.1 Å². The van der Waals surface area contributed by atoms with Crippen LogP contribution in [0.3, 0.4) is 0 Å². The van der Waals surface area contributed by atoms with Gasteiger partial charge in [0.15, 0.2) is 0 Å². The molecule has 0 fully saturated rings. The highest BCUT2D eigenvalue weighted by atomic mass is 79.9. The van der Waals surface area contributed by atoms with Crippen LogP contribution in [0.15, 0.2) is 27.6 Å². The Morgan fingerprint density at radius 3 is 2.63 bits per heavy atom. The molecule has 1 rings (SSSR count). The van der Waals surface area contributed by atoms with Crippen LogP contribution in [0, 0.1) is 0 Å². The third-order valence-electron chi connectivity index (χ3n) is 2.14. The van der Waals surface area contributed by atoms with Crippen LogP contribution < -0.4 is 15.8 Å². The molecule has 0 aliphatic carbocycles. The minimum absolute atomic E-state index is 0.0482. The topological polar surface area (TPSA) is 101 Å². The third kappa shape index (κ3) is 4.81. The molecule has 1 aromatic rings. The average Bonchev–Trinajstić information content (AvgIpc) is 2.29. The number of halogens is 1. The summed E-state index contributed by atoms with van der Waals surface area (Å²) < 4.78 is 26.8. The van der Waals surface area contributed by atoms with Crippen molar-refractivity contribution in [3.05, 3.63) is 22.7 Å². The average molecular weight is 350 g/mol. The van der Waals surface area contributed by atoms with Gasteiger partial charge in [-0.3, -0.25) is 4.79 Å². The number of amides is 1. The molecule has 0 radical (unpaired) electrons. The summed E-state index contributed by atoms with van der Waals surface area (Å²) in [5.41, 5.74) is 5.75. The first-order chi connectivity index (χ1) is 8.72. The van der Waals surface area contributed by atoms with Crippen molar-refractivity contribution < 1.29 is 13.2 Å². The first-order valence-corrected chi connectivity index (χ1v) is 7.84. The first-order valence-electron chi connectivity index (χ1n) is 5.56. The van der Waals surface area contributed by atoms with Gasteiger partial charge in [-0.25, -0.2) is 13.1 Å². The van der Waals surface area contributed by atoms with Crippen LogP contribution in [-0.4, -0.2) is 26.9 Å². The lowest BCUT2D eigenvalue weighted by molar-refractivity contribution is -0.120. The molecule has 1 aromatic carbocycles. The van der Waals surface area contributed by atoms with E-state index in [0.29, 0.717) is 4.47 Å². The van der Waals surface area contributed by atoms with Crippen molar-refractivity contribution in [3.8, 4) is 0 Å². The fraction of sp³-hybridized carbons (Fsp3) is 0.364. The Morgan fingerprint density at radius 2 is 2.05 bits per heavy atom. The zero-order chi connectivity index (χ0) is 14.6. The minimum atomic E-state index is -3.81. The molecule has 0 atom stereocenters. The van der Waals surface area contributed by atoms with E-state index in [9.17, 15) is 13.2 Å². The van der Waals surface area contributed by atoms with E-state index in [1.54, 1.807) is 19.9 Å². The standard InChI is InChI=1S/C11H16BrN3O3S/c1-7(2)15-11(16)6-14-19(17,18)10-5-8(12)3-4-9(10)13/h3-5,7,14H,6,13H2,1-2H3,(H,15,16). The number of hydrogen-bond acceptors (Lipinski definition) is 4. The molecular formula is C11H16BrN3O3S. The third-order valence-corrected chi connectivity index (χ3v) is 4.09. The molecule has 0 saturated heterocycles. The molecule has 0 heterocycles. The number of nitrogens with one attached hydrogen (secondary N) is 2. The van der Waals surface area contributed by atoms with E-state index in [4.69, 9.17) is 5.73 Å². The lowest BCUT2D eigenvalue weighted by Gasteiger charge is -2.11. The Bertz CT molecular complexity index is 573. The number of anilines is 1. The highest BCUT2D eigenvalue weighted by Crippen LogP contribution is 2.22. The molecule has 0 aromatic heterocycles. The highest BCUT2D eigenvalue weighted by molar-refractivity contribution is 9.10. The summed E-state index contributed by atoms with van der Waals surface area (Å²) in [5.74, 6) is -0.396. The molecule has 0 spiro atoms. The number of carbonyl (C=O) groups is 1. The van der Waals surface area contributed by atoms with Crippen LogP contribution in [-0.2, 0) is 14.8 Å². The fourth-order valence-corrected chi connectivity index (χ4v) is 3.00. The number of hydrogen-bond donors (Lipinski definition) is 3. The Morgan fingerprint density at radius 1 is 1.42 bits per heavy atom. The van der Waals surface area contributed by atoms with E-state index in [-0.39, 0.29) is 23.2 Å². The van der Waals surface area contributed by atoms with Crippen LogP contribution in [0.5, 0.6) is 0 Å². The second-order valence-corrected chi connectivity index (χ2v) is 6.88. The number of carbonyl (C=O) groups excluding carboxylic acids is 1. The summed E-state index contributed by atoms with van der Waals surface area (Å²) in [7, 11) is -3.81. The van der Waals surface area contributed by atoms with Gasteiger partial charge in [0.2, 0.25) is 15.9 Å². The maximum absolute atomic E-state index is 12.0. The SMILES string of the molecule is CC(C)NC(=O)CNS(=O)(=O)c1cc(Br)ccc1N. The largest absolute Gasteiger partial charge is 0.398 e. The van der Waals surface area contributed by atoms with Gasteiger partial charge in [0.05, 0.1) is 12.2 Å². The second kappa shape index (κ2) is 6.36. The van der Waals surface area contributed by atoms with Crippen LogP contribution in [0.2, 0.25) is 0 Å². The van der Waals surface area contributed by atoms with Crippen molar-refractivity contribution in [1.29, 1.82) is 0 Å². The molecule has 1 amide bonds. The Kier molecular flexibility index (Phi) is 5.33. The summed E-state index contributed by atoms with van der Waals surface area (Å²) in [5, 5.41) is 2.59. The maximum atomic E-state index is 12.0. The smallest absolute Gasteiger partial charge is 0.243 e. The monoisotopic (exact) mass is 349 g/mol. The predicted octanol–water partition coefficient (Wildman–Crippen LogP) is 0.834. The number of nitrogen functional groups attached to an aromatic ring is 1. The van der Waals surface area contributed by atoms with Gasteiger partial charge in [-0.05, 0) is 32.0 Å². The summed E-state index contributed by atoms with van der Waals surface area (Å²) in [6, 6.07) is 4.46. The normalized spacial score (nSPS) is 11.6. The molecule has 0 saturated carbocycles. The van der Waals surface area contributed by atoms with Gasteiger partial charge in [0, 0.05) is 10.5 Å². The summed E-state index contributed by atoms with van der Waals surface area (Å²) in [6.07, 6.45) is 0. The molecular weight excluding hydrogens is 334 g/mol. The van der Waals surface area contributed by atoms with Crippen LogP contribution in [0.4, 0.5) is 5.69 Å². The number of nitrogens with two attached hydrogens (primary N) is 1. The summed E-state index contributed by atoms with van der Waals surface area (Å²) in [4.78, 5) is 11.3. The second-order valence-electron chi connectivity index (χ2n) is 4.23. The maximum Gasteiger partial charge on any atom is 0.243 e. The molecule has 106 valence electrons. The van der Waals surface area contributed by atoms with E-state index in [2.05, 4.69) is 26.0 Å². The van der Waals surface area contributed by atoms with Gasteiger partial charge in [0.25, 0.3) is 0 Å². The molecule has 6 nitrogen and oxygen atoms in total. The van der Waals surface area contributed by atoms with Gasteiger partial charge < -0.3 is 11.1 Å². The number of sulfonamides is 1. The van der Waals surface area contributed by atoms with Gasteiger partial charge in [0.1, 0.15) is 4.90 Å². The minimum Gasteiger partial charge on any atom is -0.398 e. The van der Waals surface area contributed by atoms with Gasteiger partial charge in [-0.15, -0.1) is 0 Å². The van der Waals surface area contributed by atoms with E-state index < -0.39 is 15.9 Å². The van der Waals surface area contributed by atoms with Crippen LogP contribution in [0.1, 0.15) is 13.8 Å². The van der Waals surface area contributed by atoms with Gasteiger partial charge in [-0.2, -0.15) is 0 Å². The quantitative estimate of drug-likeness (QED) is 0.685. The van der Waals surface area contributed by atoms with Crippen molar-refractivity contribution in [2.45, 2.75) is 24.8 Å². The highest BCUT2D eigenvalue weighted by Gasteiger charge is 2.19. The lowest BCUT2D eigenvalue weighted by atomic mass is 10.3. The van der Waals surface area contributed by atoms with Crippen LogP contribution >= 0.6 is 15.9 Å². The molecule has 0 aliphatic rings. The van der Waals surface area contributed by atoms with Crippen molar-refractivity contribution in [1.82, 2.24) is 10.0 Å². The Balaban J connectivity index is 2.82. The van der Waals surface area contributed by atoms with Crippen molar-refractivity contribution in [3.63, 3.8) is 0 Å². The zero-order valence-electron chi connectivity index (χ0n) is 10.6. The van der Waals surface area contributed by atoms with E-state index in [1.807, 2.05) is 0 Å². The molecule has 0 bridgehead atoms. The number of rotatable bonds is 5. The van der Waals surface area contributed by atoms with E-state index in [0.717, 1.165) is 0 Å². The predicted molar refractivity (Wildman–Crippen MR) is 77.0 cm³/mol. The lowest BCUT2D eigenvalue weighted by Crippen LogP contribution is -2.39. The van der Waals surface area contributed by atoms with Crippen molar-refractivity contribution in [2.24, 2.45) is 0 Å². The summed E-state index contributed by atoms with van der Waals surface area (Å²) >= 11 is 3.17. The molecule has 19 heavy (non-hydrogen) atoms. The zero-order valence-corrected chi connectivity index (χ0v) is 13.0. The molecule has 0 unspecified atom stereocenters. The first kappa shape index (κ1) is 15.9. The van der Waals surface area contributed by atoms with Crippen molar-refractivity contribution in [2.75, 3.05) is 12.3 Å². The van der Waals surface area contributed by atoms with Gasteiger partial charge >= 0.3 is 0 Å². The Labute approximate surface area is 120 Å². The molecule has 0 aliphatic heterocycles. The Hall–Kier alpha value is -1.12. The molecule has 8 heteroatoms. The van der Waals surface area contributed by atoms with Gasteiger partial charge in [-0.1, -0.05) is 15.9 Å².